The summed E-state index contributed by atoms with van der Waals surface area (Å²) in [5.74, 6) is 4.93. The van der Waals surface area contributed by atoms with Gasteiger partial charge in [0.2, 0.25) is 0 Å². The molecule has 1 saturated heterocycles. The summed E-state index contributed by atoms with van der Waals surface area (Å²) in [6.07, 6.45) is 6.63. The highest BCUT2D eigenvalue weighted by Crippen LogP contribution is 2.27. The van der Waals surface area contributed by atoms with Gasteiger partial charge in [0, 0.05) is 25.2 Å². The SMILES string of the molecule is C#CCNC(=NCC(C)(C)N1CC(C)CC(C)C1)NCC.I. The first-order chi connectivity index (χ1) is 9.89. The average molecular weight is 420 g/mol. The van der Waals surface area contributed by atoms with Crippen molar-refractivity contribution in [3.8, 4) is 12.3 Å². The van der Waals surface area contributed by atoms with E-state index in [9.17, 15) is 0 Å². The normalized spacial score (nSPS) is 23.4. The molecule has 1 aliphatic rings. The number of hydrogen-bond donors (Lipinski definition) is 2. The first kappa shape index (κ1) is 21.5. The highest BCUT2D eigenvalue weighted by molar-refractivity contribution is 14.0. The lowest BCUT2D eigenvalue weighted by atomic mass is 9.88. The van der Waals surface area contributed by atoms with E-state index in [1.165, 1.54) is 19.5 Å². The van der Waals surface area contributed by atoms with E-state index in [2.05, 4.69) is 56.1 Å². The van der Waals surface area contributed by atoms with Gasteiger partial charge in [-0.1, -0.05) is 19.8 Å². The molecule has 0 aliphatic carbocycles. The van der Waals surface area contributed by atoms with Gasteiger partial charge in [-0.2, -0.15) is 0 Å². The Hall–Kier alpha value is -0.480. The van der Waals surface area contributed by atoms with Crippen molar-refractivity contribution < 1.29 is 0 Å². The Morgan fingerprint density at radius 3 is 2.36 bits per heavy atom. The van der Waals surface area contributed by atoms with Crippen LogP contribution in [0.3, 0.4) is 0 Å². The predicted molar refractivity (Wildman–Crippen MR) is 107 cm³/mol. The van der Waals surface area contributed by atoms with Crippen LogP contribution in [-0.4, -0.2) is 49.1 Å². The van der Waals surface area contributed by atoms with E-state index in [4.69, 9.17) is 11.4 Å². The second-order valence-corrected chi connectivity index (χ2v) is 6.92. The maximum atomic E-state index is 5.30. The largest absolute Gasteiger partial charge is 0.357 e. The summed E-state index contributed by atoms with van der Waals surface area (Å²) in [7, 11) is 0. The molecule has 5 heteroatoms. The van der Waals surface area contributed by atoms with Gasteiger partial charge in [0.25, 0.3) is 0 Å². The van der Waals surface area contributed by atoms with Gasteiger partial charge in [-0.05, 0) is 39.0 Å². The van der Waals surface area contributed by atoms with Crippen LogP contribution in [0.4, 0.5) is 0 Å². The highest BCUT2D eigenvalue weighted by Gasteiger charge is 2.32. The third kappa shape index (κ3) is 7.19. The highest BCUT2D eigenvalue weighted by atomic mass is 127. The number of nitrogens with one attached hydrogen (secondary N) is 2. The van der Waals surface area contributed by atoms with Crippen molar-refractivity contribution in [2.75, 3.05) is 32.7 Å². The molecule has 128 valence electrons. The van der Waals surface area contributed by atoms with E-state index in [0.717, 1.165) is 30.9 Å². The molecule has 22 heavy (non-hydrogen) atoms. The predicted octanol–water partition coefficient (Wildman–Crippen LogP) is 2.55. The fraction of sp³-hybridized carbons (Fsp3) is 0.824. The molecular weight excluding hydrogens is 387 g/mol. The van der Waals surface area contributed by atoms with E-state index in [0.29, 0.717) is 6.54 Å². The Bertz CT molecular complexity index is 377. The molecule has 1 fully saturated rings. The second-order valence-electron chi connectivity index (χ2n) is 6.92. The Labute approximate surface area is 153 Å². The summed E-state index contributed by atoms with van der Waals surface area (Å²) < 4.78 is 0. The zero-order chi connectivity index (χ0) is 15.9. The van der Waals surface area contributed by atoms with Crippen LogP contribution in [-0.2, 0) is 0 Å². The molecule has 1 aliphatic heterocycles. The summed E-state index contributed by atoms with van der Waals surface area (Å²) >= 11 is 0. The quantitative estimate of drug-likeness (QED) is 0.311. The molecule has 0 aromatic carbocycles. The molecule has 0 bridgehead atoms. The monoisotopic (exact) mass is 420 g/mol. The Morgan fingerprint density at radius 1 is 1.27 bits per heavy atom. The average Bonchev–Trinajstić information content (AvgIpc) is 2.41. The van der Waals surface area contributed by atoms with Gasteiger partial charge in [0.15, 0.2) is 5.96 Å². The molecule has 0 aromatic heterocycles. The third-order valence-corrected chi connectivity index (χ3v) is 4.05. The van der Waals surface area contributed by atoms with Crippen molar-refractivity contribution >= 4 is 29.9 Å². The summed E-state index contributed by atoms with van der Waals surface area (Å²) in [5.41, 5.74) is 0.0709. The molecule has 0 aromatic rings. The van der Waals surface area contributed by atoms with Gasteiger partial charge in [0.05, 0.1) is 13.1 Å². The summed E-state index contributed by atoms with van der Waals surface area (Å²) in [5, 5.41) is 6.38. The van der Waals surface area contributed by atoms with Crippen LogP contribution in [0.25, 0.3) is 0 Å². The van der Waals surface area contributed by atoms with Crippen molar-refractivity contribution in [3.05, 3.63) is 0 Å². The van der Waals surface area contributed by atoms with Crippen LogP contribution >= 0.6 is 24.0 Å². The molecule has 0 spiro atoms. The lowest BCUT2D eigenvalue weighted by molar-refractivity contribution is 0.0512. The number of aliphatic imine (C=N–C) groups is 1. The van der Waals surface area contributed by atoms with Gasteiger partial charge >= 0.3 is 0 Å². The smallest absolute Gasteiger partial charge is 0.192 e. The minimum absolute atomic E-state index is 0. The summed E-state index contributed by atoms with van der Waals surface area (Å²) in [4.78, 5) is 7.29. The van der Waals surface area contributed by atoms with Gasteiger partial charge < -0.3 is 10.6 Å². The zero-order valence-corrected chi connectivity index (χ0v) is 17.1. The van der Waals surface area contributed by atoms with Crippen molar-refractivity contribution in [2.45, 2.75) is 46.6 Å². The van der Waals surface area contributed by atoms with Crippen LogP contribution in [0.15, 0.2) is 4.99 Å². The maximum absolute atomic E-state index is 5.30. The van der Waals surface area contributed by atoms with Crippen LogP contribution in [0, 0.1) is 24.2 Å². The second kappa shape index (κ2) is 10.3. The molecule has 4 nitrogen and oxygen atoms in total. The number of halogens is 1. The number of likely N-dealkylation sites (tertiary alicyclic amines) is 1. The maximum Gasteiger partial charge on any atom is 0.192 e. The molecule has 2 atom stereocenters. The van der Waals surface area contributed by atoms with E-state index in [1.54, 1.807) is 0 Å². The van der Waals surface area contributed by atoms with Crippen molar-refractivity contribution in [1.29, 1.82) is 0 Å². The van der Waals surface area contributed by atoms with Crippen LogP contribution in [0.2, 0.25) is 0 Å². The number of nitrogens with zero attached hydrogens (tertiary/aromatic N) is 2. The number of piperidine rings is 1. The van der Waals surface area contributed by atoms with Gasteiger partial charge in [-0.3, -0.25) is 9.89 Å². The first-order valence-corrected chi connectivity index (χ1v) is 8.09. The van der Waals surface area contributed by atoms with Gasteiger partial charge in [-0.15, -0.1) is 30.4 Å². The number of guanidine groups is 1. The van der Waals surface area contributed by atoms with Crippen molar-refractivity contribution in [2.24, 2.45) is 16.8 Å². The first-order valence-electron chi connectivity index (χ1n) is 8.09. The van der Waals surface area contributed by atoms with Crippen molar-refractivity contribution in [3.63, 3.8) is 0 Å². The third-order valence-electron chi connectivity index (χ3n) is 4.05. The summed E-state index contributed by atoms with van der Waals surface area (Å²) in [6.45, 7) is 15.8. The zero-order valence-electron chi connectivity index (χ0n) is 14.8. The van der Waals surface area contributed by atoms with E-state index >= 15 is 0 Å². The Morgan fingerprint density at radius 2 is 1.86 bits per heavy atom. The summed E-state index contributed by atoms with van der Waals surface area (Å²) in [6, 6.07) is 0. The van der Waals surface area contributed by atoms with E-state index in [1.807, 2.05) is 0 Å². The molecular formula is C17H33IN4. The Kier molecular flexibility index (Phi) is 10.1. The molecule has 0 radical (unpaired) electrons. The molecule has 0 saturated carbocycles. The number of hydrogen-bond acceptors (Lipinski definition) is 2. The Balaban J connectivity index is 0.00000441. The molecule has 1 rings (SSSR count). The molecule has 2 unspecified atom stereocenters. The minimum Gasteiger partial charge on any atom is -0.357 e. The minimum atomic E-state index is 0. The fourth-order valence-corrected chi connectivity index (χ4v) is 3.01. The molecule has 2 N–H and O–H groups in total. The van der Waals surface area contributed by atoms with Crippen LogP contribution in [0.1, 0.15) is 41.0 Å². The lowest BCUT2D eigenvalue weighted by Crippen LogP contribution is -2.53. The molecule has 1 heterocycles. The topological polar surface area (TPSA) is 39.7 Å². The molecule has 0 amide bonds. The van der Waals surface area contributed by atoms with Crippen LogP contribution < -0.4 is 10.6 Å². The standard InChI is InChI=1S/C17H32N4.HI/c1-7-9-19-16(18-8-2)20-13-17(5,6)21-11-14(3)10-15(4)12-21;/h1,14-15H,8-13H2,2-6H3,(H2,18,19,20);1H. The number of rotatable bonds is 5. The van der Waals surface area contributed by atoms with Crippen LogP contribution in [0.5, 0.6) is 0 Å². The van der Waals surface area contributed by atoms with Gasteiger partial charge in [-0.25, -0.2) is 0 Å². The van der Waals surface area contributed by atoms with Gasteiger partial charge in [0.1, 0.15) is 0 Å². The fourth-order valence-electron chi connectivity index (χ4n) is 3.01. The lowest BCUT2D eigenvalue weighted by Gasteiger charge is -2.44. The van der Waals surface area contributed by atoms with E-state index < -0.39 is 0 Å². The van der Waals surface area contributed by atoms with E-state index in [-0.39, 0.29) is 29.5 Å². The number of terminal acetylenes is 1. The van der Waals surface area contributed by atoms with Crippen molar-refractivity contribution in [1.82, 2.24) is 15.5 Å².